The van der Waals surface area contributed by atoms with Crippen molar-refractivity contribution in [1.82, 2.24) is 9.80 Å². The molecular formula is C16H20F4N2O2. The fourth-order valence-corrected chi connectivity index (χ4v) is 2.16. The highest BCUT2D eigenvalue weighted by Crippen LogP contribution is 2.13. The van der Waals surface area contributed by atoms with E-state index >= 15 is 0 Å². The first-order chi connectivity index (χ1) is 11.3. The van der Waals surface area contributed by atoms with Crippen LogP contribution in [-0.4, -0.2) is 47.6 Å². The van der Waals surface area contributed by atoms with Crippen LogP contribution in [0.2, 0.25) is 0 Å². The average molecular weight is 348 g/mol. The van der Waals surface area contributed by atoms with Gasteiger partial charge in [-0.1, -0.05) is 24.3 Å². The summed E-state index contributed by atoms with van der Waals surface area (Å²) in [6.45, 7) is 3.57. The zero-order valence-corrected chi connectivity index (χ0v) is 13.5. The minimum absolute atomic E-state index is 0.0351. The number of halogens is 4. The fourth-order valence-electron chi connectivity index (χ4n) is 2.16. The molecule has 0 atom stereocenters. The Morgan fingerprint density at radius 1 is 0.792 bits per heavy atom. The van der Waals surface area contributed by atoms with Crippen molar-refractivity contribution in [3.63, 3.8) is 0 Å². The maximum absolute atomic E-state index is 12.5. The van der Waals surface area contributed by atoms with Crippen molar-refractivity contribution >= 4 is 11.8 Å². The van der Waals surface area contributed by atoms with E-state index in [9.17, 15) is 27.2 Å². The van der Waals surface area contributed by atoms with E-state index in [2.05, 4.69) is 0 Å². The molecule has 2 amide bonds. The van der Waals surface area contributed by atoms with Gasteiger partial charge in [0.25, 0.3) is 11.8 Å². The van der Waals surface area contributed by atoms with Crippen molar-refractivity contribution in [2.75, 3.05) is 13.1 Å². The van der Waals surface area contributed by atoms with Gasteiger partial charge in [-0.2, -0.15) is 17.6 Å². The molecule has 0 aliphatic heterocycles. The highest BCUT2D eigenvalue weighted by atomic mass is 19.3. The van der Waals surface area contributed by atoms with Gasteiger partial charge in [-0.05, 0) is 25.0 Å². The Bertz CT molecular complexity index is 501. The molecule has 0 fully saturated rings. The third kappa shape index (κ3) is 5.50. The Kier molecular flexibility index (Phi) is 7.67. The summed E-state index contributed by atoms with van der Waals surface area (Å²) in [5.74, 6) is -2.47. The molecule has 0 aromatic heterocycles. The number of amides is 2. The molecule has 0 saturated heterocycles. The lowest BCUT2D eigenvalue weighted by Gasteiger charge is -2.22. The van der Waals surface area contributed by atoms with E-state index in [1.807, 2.05) is 0 Å². The van der Waals surface area contributed by atoms with E-state index in [1.54, 1.807) is 38.1 Å². The summed E-state index contributed by atoms with van der Waals surface area (Å²) in [6.07, 6.45) is -6.11. The SMILES string of the molecule is CCN(Cc1ccc(CN(CC)C(=O)C(F)F)cc1)C(=O)C(F)F. The summed E-state index contributed by atoms with van der Waals surface area (Å²) >= 11 is 0. The number of benzene rings is 1. The number of nitrogens with zero attached hydrogens (tertiary/aromatic N) is 2. The van der Waals surface area contributed by atoms with Crippen LogP contribution < -0.4 is 0 Å². The van der Waals surface area contributed by atoms with Crippen molar-refractivity contribution < 1.29 is 27.2 Å². The number of alkyl halides is 4. The normalized spacial score (nSPS) is 11.0. The second-order valence-electron chi connectivity index (χ2n) is 5.12. The van der Waals surface area contributed by atoms with Gasteiger partial charge in [0, 0.05) is 26.2 Å². The van der Waals surface area contributed by atoms with Crippen LogP contribution in [0.4, 0.5) is 17.6 Å². The van der Waals surface area contributed by atoms with Gasteiger partial charge in [-0.3, -0.25) is 9.59 Å². The molecule has 8 heteroatoms. The van der Waals surface area contributed by atoms with E-state index in [1.165, 1.54) is 0 Å². The van der Waals surface area contributed by atoms with E-state index < -0.39 is 24.7 Å². The molecule has 0 radical (unpaired) electrons. The smallest absolute Gasteiger partial charge is 0.315 e. The Balaban J connectivity index is 2.75. The predicted molar refractivity (Wildman–Crippen MR) is 80.6 cm³/mol. The first-order valence-electron chi connectivity index (χ1n) is 7.51. The molecule has 0 N–H and O–H groups in total. The van der Waals surface area contributed by atoms with Crippen LogP contribution in [0.3, 0.4) is 0 Å². The predicted octanol–water partition coefficient (Wildman–Crippen LogP) is 2.91. The first kappa shape index (κ1) is 19.9. The van der Waals surface area contributed by atoms with Crippen molar-refractivity contribution in [2.24, 2.45) is 0 Å². The van der Waals surface area contributed by atoms with Crippen LogP contribution in [0.1, 0.15) is 25.0 Å². The molecule has 0 unspecified atom stereocenters. The molecule has 1 rings (SSSR count). The summed E-state index contributed by atoms with van der Waals surface area (Å²) in [5.41, 5.74) is 1.27. The van der Waals surface area contributed by atoms with E-state index in [-0.39, 0.29) is 26.2 Å². The summed E-state index contributed by atoms with van der Waals surface area (Å²) < 4.78 is 49.9. The lowest BCUT2D eigenvalue weighted by Crippen LogP contribution is -2.35. The maximum atomic E-state index is 12.5. The van der Waals surface area contributed by atoms with Crippen LogP contribution in [0.5, 0.6) is 0 Å². The highest BCUT2D eigenvalue weighted by Gasteiger charge is 2.23. The Morgan fingerprint density at radius 3 is 1.29 bits per heavy atom. The van der Waals surface area contributed by atoms with Gasteiger partial charge < -0.3 is 9.80 Å². The monoisotopic (exact) mass is 348 g/mol. The van der Waals surface area contributed by atoms with Gasteiger partial charge in [0.1, 0.15) is 0 Å². The molecule has 4 nitrogen and oxygen atoms in total. The van der Waals surface area contributed by atoms with Gasteiger partial charge in [-0.25, -0.2) is 0 Å². The Labute approximate surface area is 138 Å². The number of hydrogen-bond donors (Lipinski definition) is 0. The van der Waals surface area contributed by atoms with Crippen LogP contribution in [0.25, 0.3) is 0 Å². The van der Waals surface area contributed by atoms with Gasteiger partial charge in [0.15, 0.2) is 0 Å². The zero-order chi connectivity index (χ0) is 18.3. The zero-order valence-electron chi connectivity index (χ0n) is 13.5. The molecule has 0 aliphatic rings. The molecule has 24 heavy (non-hydrogen) atoms. The minimum atomic E-state index is -3.05. The van der Waals surface area contributed by atoms with Gasteiger partial charge in [0.05, 0.1) is 0 Å². The second-order valence-corrected chi connectivity index (χ2v) is 5.12. The van der Waals surface area contributed by atoms with Gasteiger partial charge >= 0.3 is 12.9 Å². The lowest BCUT2D eigenvalue weighted by molar-refractivity contribution is -0.143. The van der Waals surface area contributed by atoms with Crippen LogP contribution in [0.15, 0.2) is 24.3 Å². The summed E-state index contributed by atoms with van der Waals surface area (Å²) in [5, 5.41) is 0. The van der Waals surface area contributed by atoms with Crippen LogP contribution in [0, 0.1) is 0 Å². The third-order valence-corrected chi connectivity index (χ3v) is 3.53. The van der Waals surface area contributed by atoms with Gasteiger partial charge in [0.2, 0.25) is 0 Å². The molecule has 0 heterocycles. The molecule has 0 bridgehead atoms. The number of hydrogen-bond acceptors (Lipinski definition) is 2. The summed E-state index contributed by atoms with van der Waals surface area (Å²) in [7, 11) is 0. The molecule has 1 aromatic rings. The van der Waals surface area contributed by atoms with Crippen molar-refractivity contribution in [3.8, 4) is 0 Å². The van der Waals surface area contributed by atoms with Crippen LogP contribution in [-0.2, 0) is 22.7 Å². The van der Waals surface area contributed by atoms with Crippen molar-refractivity contribution in [3.05, 3.63) is 35.4 Å². The topological polar surface area (TPSA) is 40.6 Å². The molecule has 0 aliphatic carbocycles. The van der Waals surface area contributed by atoms with E-state index in [0.717, 1.165) is 9.80 Å². The largest absolute Gasteiger partial charge is 0.334 e. The maximum Gasteiger partial charge on any atom is 0.315 e. The number of carbonyl (C=O) groups is 2. The number of carbonyl (C=O) groups excluding carboxylic acids is 2. The van der Waals surface area contributed by atoms with Crippen LogP contribution >= 0.6 is 0 Å². The highest BCUT2D eigenvalue weighted by molar-refractivity contribution is 5.79. The molecule has 1 aromatic carbocycles. The summed E-state index contributed by atoms with van der Waals surface area (Å²) in [4.78, 5) is 24.7. The fraction of sp³-hybridized carbons (Fsp3) is 0.500. The molecule has 0 spiro atoms. The quantitative estimate of drug-likeness (QED) is 0.678. The third-order valence-electron chi connectivity index (χ3n) is 3.53. The molecular weight excluding hydrogens is 328 g/mol. The van der Waals surface area contributed by atoms with E-state index in [4.69, 9.17) is 0 Å². The Hall–Kier alpha value is -2.12. The number of rotatable bonds is 8. The van der Waals surface area contributed by atoms with E-state index in [0.29, 0.717) is 11.1 Å². The molecule has 0 saturated carbocycles. The van der Waals surface area contributed by atoms with Crippen molar-refractivity contribution in [1.29, 1.82) is 0 Å². The minimum Gasteiger partial charge on any atom is -0.334 e. The standard InChI is InChI=1S/C16H20F4N2O2/c1-3-21(15(23)13(17)18)9-11-5-7-12(8-6-11)10-22(4-2)16(24)14(19)20/h5-8,13-14H,3-4,9-10H2,1-2H3. The lowest BCUT2D eigenvalue weighted by atomic mass is 10.1. The average Bonchev–Trinajstić information content (AvgIpc) is 2.57. The van der Waals surface area contributed by atoms with Crippen molar-refractivity contribution in [2.45, 2.75) is 39.8 Å². The van der Waals surface area contributed by atoms with Gasteiger partial charge in [-0.15, -0.1) is 0 Å². The second kappa shape index (κ2) is 9.24. The summed E-state index contributed by atoms with van der Waals surface area (Å²) in [6, 6.07) is 6.49. The molecule has 134 valence electrons. The first-order valence-corrected chi connectivity index (χ1v) is 7.51. The Morgan fingerprint density at radius 2 is 1.08 bits per heavy atom.